The van der Waals surface area contributed by atoms with E-state index < -0.39 is 11.9 Å². The lowest BCUT2D eigenvalue weighted by molar-refractivity contribution is 0.0483. The lowest BCUT2D eigenvalue weighted by Gasteiger charge is -2.10. The summed E-state index contributed by atoms with van der Waals surface area (Å²) in [5, 5.41) is 0. The minimum Gasteiger partial charge on any atom is -0.462 e. The number of ether oxygens (including phenoxy) is 2. The van der Waals surface area contributed by atoms with Crippen LogP contribution in [0.4, 0.5) is 0 Å². The molecule has 1 rings (SSSR count). The molecule has 6 heteroatoms. The van der Waals surface area contributed by atoms with Gasteiger partial charge in [0.05, 0.1) is 24.3 Å². The summed E-state index contributed by atoms with van der Waals surface area (Å²) in [6, 6.07) is 3.16. The molecule has 22 heavy (non-hydrogen) atoms. The van der Waals surface area contributed by atoms with Crippen LogP contribution in [0.3, 0.4) is 0 Å². The first-order valence-electron chi connectivity index (χ1n) is 7.34. The van der Waals surface area contributed by atoms with Gasteiger partial charge in [0.2, 0.25) is 0 Å². The van der Waals surface area contributed by atoms with E-state index in [4.69, 9.17) is 9.47 Å². The molecule has 0 spiro atoms. The first-order chi connectivity index (χ1) is 10.5. The van der Waals surface area contributed by atoms with Gasteiger partial charge in [-0.2, -0.15) is 0 Å². The molecule has 0 radical (unpaired) electrons. The number of unbranched alkanes of at least 4 members (excludes halogenated alkanes) is 2. The Labute approximate surface area is 147 Å². The highest BCUT2D eigenvalue weighted by Crippen LogP contribution is 2.28. The van der Waals surface area contributed by atoms with Crippen LogP contribution in [-0.4, -0.2) is 25.2 Å². The van der Waals surface area contributed by atoms with Crippen LogP contribution < -0.4 is 0 Å². The third-order valence-electron chi connectivity index (χ3n) is 2.94. The molecule has 122 valence electrons. The van der Waals surface area contributed by atoms with Crippen LogP contribution in [0.5, 0.6) is 0 Å². The summed E-state index contributed by atoms with van der Waals surface area (Å²) in [5.41, 5.74) is 0.765. The van der Waals surface area contributed by atoms with E-state index in [2.05, 4.69) is 31.9 Å². The third kappa shape index (κ3) is 5.72. The fourth-order valence-electron chi connectivity index (χ4n) is 1.66. The fraction of sp³-hybridized carbons (Fsp3) is 0.500. The minimum atomic E-state index is -0.418. The van der Waals surface area contributed by atoms with Gasteiger partial charge in [-0.05, 0) is 56.8 Å². The maximum Gasteiger partial charge on any atom is 0.340 e. The maximum atomic E-state index is 12.1. The third-order valence-corrected chi connectivity index (χ3v) is 4.19. The standard InChI is InChI=1S/C16H20Br2O4/c1-3-5-7-21-15(19)11-9-12(17)14(13(18)10-11)16(20)22-8-6-4-2/h9-10H,3-8H2,1-2H3. The van der Waals surface area contributed by atoms with Crippen LogP contribution in [0.1, 0.15) is 60.2 Å². The molecule has 0 saturated carbocycles. The predicted molar refractivity (Wildman–Crippen MR) is 92.2 cm³/mol. The number of carbonyl (C=O) groups excluding carboxylic acids is 2. The molecule has 0 aliphatic heterocycles. The zero-order chi connectivity index (χ0) is 16.5. The molecule has 0 atom stereocenters. The van der Waals surface area contributed by atoms with Crippen molar-refractivity contribution in [1.29, 1.82) is 0 Å². The number of rotatable bonds is 8. The van der Waals surface area contributed by atoms with E-state index in [1.807, 2.05) is 13.8 Å². The molecular weight excluding hydrogens is 416 g/mol. The van der Waals surface area contributed by atoms with Crippen LogP contribution >= 0.6 is 31.9 Å². The van der Waals surface area contributed by atoms with E-state index >= 15 is 0 Å². The summed E-state index contributed by atoms with van der Waals surface area (Å²) in [7, 11) is 0. The summed E-state index contributed by atoms with van der Waals surface area (Å²) in [6.45, 7) is 4.83. The average molecular weight is 436 g/mol. The van der Waals surface area contributed by atoms with Gasteiger partial charge >= 0.3 is 11.9 Å². The van der Waals surface area contributed by atoms with E-state index in [-0.39, 0.29) is 0 Å². The quantitative estimate of drug-likeness (QED) is 0.419. The number of hydrogen-bond donors (Lipinski definition) is 0. The van der Waals surface area contributed by atoms with Crippen molar-refractivity contribution in [3.05, 3.63) is 32.2 Å². The monoisotopic (exact) mass is 434 g/mol. The smallest absolute Gasteiger partial charge is 0.340 e. The summed E-state index contributed by atoms with van der Waals surface area (Å²) in [5.74, 6) is -0.821. The molecule has 0 aromatic heterocycles. The van der Waals surface area contributed by atoms with Gasteiger partial charge in [-0.15, -0.1) is 0 Å². The van der Waals surface area contributed by atoms with Crippen LogP contribution in [0.25, 0.3) is 0 Å². The lowest BCUT2D eigenvalue weighted by atomic mass is 10.1. The van der Waals surface area contributed by atoms with E-state index in [0.717, 1.165) is 25.7 Å². The largest absolute Gasteiger partial charge is 0.462 e. The van der Waals surface area contributed by atoms with Crippen LogP contribution in [0.15, 0.2) is 21.1 Å². The van der Waals surface area contributed by atoms with E-state index in [1.165, 1.54) is 0 Å². The Hall–Kier alpha value is -0.880. The number of esters is 2. The van der Waals surface area contributed by atoms with Crippen molar-refractivity contribution in [3.8, 4) is 0 Å². The van der Waals surface area contributed by atoms with Gasteiger partial charge in [-0.3, -0.25) is 0 Å². The van der Waals surface area contributed by atoms with Gasteiger partial charge in [0, 0.05) is 8.95 Å². The normalized spacial score (nSPS) is 10.4. The van der Waals surface area contributed by atoms with Gasteiger partial charge in [0.15, 0.2) is 0 Å². The highest BCUT2D eigenvalue weighted by molar-refractivity contribution is 9.11. The molecule has 0 heterocycles. The summed E-state index contributed by atoms with van der Waals surface area (Å²) < 4.78 is 11.4. The van der Waals surface area contributed by atoms with Gasteiger partial charge in [0.1, 0.15) is 0 Å². The van der Waals surface area contributed by atoms with Crippen molar-refractivity contribution < 1.29 is 19.1 Å². The molecule has 0 unspecified atom stereocenters. The van der Waals surface area contributed by atoms with Gasteiger partial charge in [-0.1, -0.05) is 26.7 Å². The van der Waals surface area contributed by atoms with E-state index in [9.17, 15) is 9.59 Å². The number of halogens is 2. The summed E-state index contributed by atoms with van der Waals surface area (Å²) in [6.07, 6.45) is 3.57. The topological polar surface area (TPSA) is 52.6 Å². The van der Waals surface area contributed by atoms with Gasteiger partial charge in [0.25, 0.3) is 0 Å². The maximum absolute atomic E-state index is 12.1. The molecule has 0 aliphatic carbocycles. The number of carbonyl (C=O) groups is 2. The first kappa shape index (κ1) is 19.2. The fourth-order valence-corrected chi connectivity index (χ4v) is 3.17. The van der Waals surface area contributed by atoms with Gasteiger partial charge in [-0.25, -0.2) is 9.59 Å². The van der Waals surface area contributed by atoms with Crippen LogP contribution in [0, 0.1) is 0 Å². The average Bonchev–Trinajstić information content (AvgIpc) is 2.46. The van der Waals surface area contributed by atoms with E-state index in [1.54, 1.807) is 12.1 Å². The molecule has 1 aromatic carbocycles. The Morgan fingerprint density at radius 1 is 0.909 bits per heavy atom. The Balaban J connectivity index is 2.83. The highest BCUT2D eigenvalue weighted by Gasteiger charge is 2.19. The SMILES string of the molecule is CCCCOC(=O)c1cc(Br)c(C(=O)OCCCC)c(Br)c1. The molecule has 1 aromatic rings. The Morgan fingerprint density at radius 3 is 1.82 bits per heavy atom. The zero-order valence-electron chi connectivity index (χ0n) is 12.8. The summed E-state index contributed by atoms with van der Waals surface area (Å²) in [4.78, 5) is 24.0. The minimum absolute atomic E-state index is 0.376. The molecule has 0 amide bonds. The van der Waals surface area contributed by atoms with Crippen molar-refractivity contribution in [2.75, 3.05) is 13.2 Å². The second-order valence-corrected chi connectivity index (χ2v) is 6.50. The van der Waals surface area contributed by atoms with Crippen LogP contribution in [0.2, 0.25) is 0 Å². The Kier molecular flexibility index (Phi) is 8.71. The zero-order valence-corrected chi connectivity index (χ0v) is 16.0. The molecule has 0 fully saturated rings. The first-order valence-corrected chi connectivity index (χ1v) is 8.93. The Morgan fingerprint density at radius 2 is 1.36 bits per heavy atom. The second-order valence-electron chi connectivity index (χ2n) is 4.79. The molecular formula is C16H20Br2O4. The van der Waals surface area contributed by atoms with Crippen molar-refractivity contribution in [3.63, 3.8) is 0 Å². The van der Waals surface area contributed by atoms with Crippen molar-refractivity contribution in [1.82, 2.24) is 0 Å². The molecule has 4 nitrogen and oxygen atoms in total. The summed E-state index contributed by atoms with van der Waals surface area (Å²) >= 11 is 6.64. The molecule has 0 bridgehead atoms. The van der Waals surface area contributed by atoms with Crippen molar-refractivity contribution in [2.24, 2.45) is 0 Å². The van der Waals surface area contributed by atoms with Crippen LogP contribution in [-0.2, 0) is 9.47 Å². The Bertz CT molecular complexity index is 506. The lowest BCUT2D eigenvalue weighted by Crippen LogP contribution is -2.11. The number of hydrogen-bond acceptors (Lipinski definition) is 4. The van der Waals surface area contributed by atoms with Crippen molar-refractivity contribution in [2.45, 2.75) is 39.5 Å². The molecule has 0 N–H and O–H groups in total. The molecule has 0 saturated heterocycles. The van der Waals surface area contributed by atoms with Gasteiger partial charge < -0.3 is 9.47 Å². The predicted octanol–water partition coefficient (Wildman–Crippen LogP) is 5.13. The number of benzene rings is 1. The van der Waals surface area contributed by atoms with Crippen molar-refractivity contribution >= 4 is 43.8 Å². The van der Waals surface area contributed by atoms with E-state index in [0.29, 0.717) is 33.3 Å². The highest BCUT2D eigenvalue weighted by atomic mass is 79.9. The second kappa shape index (κ2) is 10.0. The molecule has 0 aliphatic rings.